The highest BCUT2D eigenvalue weighted by Gasteiger charge is 2.19. The zero-order valence-corrected chi connectivity index (χ0v) is 9.25. The molecular weight excluding hydrogens is 202 g/mol. The van der Waals surface area contributed by atoms with Crippen molar-refractivity contribution in [3.63, 3.8) is 0 Å². The van der Waals surface area contributed by atoms with Crippen LogP contribution in [0.2, 0.25) is 0 Å². The van der Waals surface area contributed by atoms with Crippen LogP contribution in [0.15, 0.2) is 0 Å². The van der Waals surface area contributed by atoms with Crippen LogP contribution in [0.1, 0.15) is 20.8 Å². The number of alkyl carbamates (subject to hydrolysis) is 1. The van der Waals surface area contributed by atoms with Crippen molar-refractivity contribution in [1.82, 2.24) is 5.32 Å². The zero-order chi connectivity index (χ0) is 12.1. The van der Waals surface area contributed by atoms with Gasteiger partial charge in [0.15, 0.2) is 0 Å². The Morgan fingerprint density at radius 3 is 2.13 bits per heavy atom. The number of ether oxygens (including phenoxy) is 2. The largest absolute Gasteiger partial charge is 0.463 e. The molecule has 0 saturated heterocycles. The molecule has 1 amide bonds. The third kappa shape index (κ3) is 6.48. The number of Topliss-reactive ketones (excluding diaryl/α,β-unsaturated/α-hetero) is 1. The van der Waals surface area contributed by atoms with Crippen LogP contribution in [-0.4, -0.2) is 37.1 Å². The molecule has 15 heavy (non-hydrogen) atoms. The highest BCUT2D eigenvalue weighted by Crippen LogP contribution is 2.05. The first-order valence-electron chi connectivity index (χ1n) is 4.34. The molecule has 0 heterocycles. The summed E-state index contributed by atoms with van der Waals surface area (Å²) in [4.78, 5) is 32.6. The summed E-state index contributed by atoms with van der Waals surface area (Å²) in [6.45, 7) is 4.64. The predicted octanol–water partition coefficient (Wildman–Crippen LogP) is 0.253. The van der Waals surface area contributed by atoms with Crippen molar-refractivity contribution in [3.8, 4) is 0 Å². The first kappa shape index (κ1) is 13.4. The van der Waals surface area contributed by atoms with E-state index in [-0.39, 0.29) is 0 Å². The van der Waals surface area contributed by atoms with Gasteiger partial charge in [-0.2, -0.15) is 0 Å². The molecule has 0 aliphatic heterocycles. The first-order chi connectivity index (χ1) is 6.76. The topological polar surface area (TPSA) is 81.7 Å². The Kier molecular flexibility index (Phi) is 4.77. The van der Waals surface area contributed by atoms with Crippen LogP contribution in [-0.2, 0) is 19.1 Å². The van der Waals surface area contributed by atoms with E-state index in [1.807, 2.05) is 0 Å². The Labute approximate surface area is 87.9 Å². The third-order valence-corrected chi connectivity index (χ3v) is 1.21. The van der Waals surface area contributed by atoms with Crippen molar-refractivity contribution < 1.29 is 23.9 Å². The number of amides is 1. The third-order valence-electron chi connectivity index (χ3n) is 1.21. The van der Waals surface area contributed by atoms with Gasteiger partial charge in [0.05, 0.1) is 13.7 Å². The Morgan fingerprint density at radius 1 is 1.20 bits per heavy atom. The lowest BCUT2D eigenvalue weighted by Gasteiger charge is -2.19. The maximum Gasteiger partial charge on any atom is 0.408 e. The number of methoxy groups -OCH3 is 1. The quantitative estimate of drug-likeness (QED) is 0.541. The molecule has 0 aromatic heterocycles. The van der Waals surface area contributed by atoms with E-state index in [4.69, 9.17) is 4.74 Å². The minimum Gasteiger partial charge on any atom is -0.463 e. The van der Waals surface area contributed by atoms with E-state index < -0.39 is 30.0 Å². The fourth-order valence-corrected chi connectivity index (χ4v) is 0.653. The summed E-state index contributed by atoms with van der Waals surface area (Å²) >= 11 is 0. The highest BCUT2D eigenvalue weighted by molar-refractivity contribution is 6.34. The van der Waals surface area contributed by atoms with E-state index >= 15 is 0 Å². The average molecular weight is 217 g/mol. The number of hydrogen-bond donors (Lipinski definition) is 1. The molecule has 0 atom stereocenters. The van der Waals surface area contributed by atoms with Gasteiger partial charge in [-0.25, -0.2) is 9.59 Å². The van der Waals surface area contributed by atoms with Gasteiger partial charge in [0.25, 0.3) is 5.78 Å². The van der Waals surface area contributed by atoms with E-state index in [0.717, 1.165) is 7.11 Å². The second kappa shape index (κ2) is 5.33. The lowest BCUT2D eigenvalue weighted by molar-refractivity contribution is -0.151. The molecule has 0 unspecified atom stereocenters. The van der Waals surface area contributed by atoms with Gasteiger partial charge in [-0.1, -0.05) is 0 Å². The Balaban J connectivity index is 3.92. The van der Waals surface area contributed by atoms with Crippen LogP contribution in [0.25, 0.3) is 0 Å². The molecule has 86 valence electrons. The molecule has 0 aliphatic carbocycles. The van der Waals surface area contributed by atoms with Crippen molar-refractivity contribution in [2.24, 2.45) is 0 Å². The standard InChI is InChI=1S/C9H15NO5/c1-9(2,3)15-8(13)10-5-6(11)7(12)14-4/h5H2,1-4H3,(H,10,13). The van der Waals surface area contributed by atoms with Gasteiger partial charge in [-0.15, -0.1) is 0 Å². The van der Waals surface area contributed by atoms with E-state index in [1.54, 1.807) is 20.8 Å². The van der Waals surface area contributed by atoms with Crippen molar-refractivity contribution in [3.05, 3.63) is 0 Å². The van der Waals surface area contributed by atoms with Crippen LogP contribution < -0.4 is 5.32 Å². The molecule has 0 radical (unpaired) electrons. The Hall–Kier alpha value is -1.59. The van der Waals surface area contributed by atoms with E-state index in [2.05, 4.69) is 10.1 Å². The summed E-state index contributed by atoms with van der Waals surface area (Å²) < 4.78 is 9.01. The number of carbonyl (C=O) groups is 3. The van der Waals surface area contributed by atoms with Crippen molar-refractivity contribution in [2.75, 3.05) is 13.7 Å². The fourth-order valence-electron chi connectivity index (χ4n) is 0.653. The molecule has 0 aromatic rings. The molecular formula is C9H15NO5. The minimum atomic E-state index is -0.994. The highest BCUT2D eigenvalue weighted by atomic mass is 16.6. The second-order valence-corrected chi connectivity index (χ2v) is 3.77. The molecule has 6 heteroatoms. The van der Waals surface area contributed by atoms with E-state index in [0.29, 0.717) is 0 Å². The molecule has 6 nitrogen and oxygen atoms in total. The van der Waals surface area contributed by atoms with Crippen LogP contribution in [0.3, 0.4) is 0 Å². The van der Waals surface area contributed by atoms with Gasteiger partial charge >= 0.3 is 12.1 Å². The van der Waals surface area contributed by atoms with Crippen LogP contribution in [0.4, 0.5) is 4.79 Å². The van der Waals surface area contributed by atoms with Gasteiger partial charge in [0.1, 0.15) is 5.60 Å². The summed E-state index contributed by atoms with van der Waals surface area (Å²) in [6, 6.07) is 0. The lowest BCUT2D eigenvalue weighted by atomic mass is 10.2. The molecule has 0 aliphatic rings. The number of nitrogens with one attached hydrogen (secondary N) is 1. The van der Waals surface area contributed by atoms with Crippen LogP contribution >= 0.6 is 0 Å². The lowest BCUT2D eigenvalue weighted by Crippen LogP contribution is -2.37. The molecule has 0 bridgehead atoms. The van der Waals surface area contributed by atoms with Gasteiger partial charge in [-0.3, -0.25) is 4.79 Å². The monoisotopic (exact) mass is 217 g/mol. The molecule has 0 saturated carbocycles. The van der Waals surface area contributed by atoms with Gasteiger partial charge in [0, 0.05) is 0 Å². The molecule has 0 rings (SSSR count). The summed E-state index contributed by atoms with van der Waals surface area (Å²) in [7, 11) is 1.09. The first-order valence-corrected chi connectivity index (χ1v) is 4.34. The molecule has 1 N–H and O–H groups in total. The van der Waals surface area contributed by atoms with Gasteiger partial charge in [-0.05, 0) is 20.8 Å². The summed E-state index contributed by atoms with van der Waals surface area (Å²) in [5.74, 6) is -1.82. The minimum absolute atomic E-state index is 0.429. The zero-order valence-electron chi connectivity index (χ0n) is 9.25. The van der Waals surface area contributed by atoms with E-state index in [1.165, 1.54) is 0 Å². The van der Waals surface area contributed by atoms with Crippen LogP contribution in [0.5, 0.6) is 0 Å². The number of hydrogen-bond acceptors (Lipinski definition) is 5. The number of ketones is 1. The maximum atomic E-state index is 11.0. The van der Waals surface area contributed by atoms with Crippen molar-refractivity contribution >= 4 is 17.8 Å². The van der Waals surface area contributed by atoms with Crippen molar-refractivity contribution in [2.45, 2.75) is 26.4 Å². The number of rotatable bonds is 3. The Morgan fingerprint density at radius 2 is 1.73 bits per heavy atom. The predicted molar refractivity (Wildman–Crippen MR) is 51.3 cm³/mol. The number of esters is 1. The van der Waals surface area contributed by atoms with Gasteiger partial charge in [0.2, 0.25) is 0 Å². The summed E-state index contributed by atoms with van der Waals surface area (Å²) in [5, 5.41) is 2.14. The normalized spacial score (nSPS) is 10.4. The smallest absolute Gasteiger partial charge is 0.408 e. The van der Waals surface area contributed by atoms with E-state index in [9.17, 15) is 14.4 Å². The van der Waals surface area contributed by atoms with Gasteiger partial charge < -0.3 is 14.8 Å². The average Bonchev–Trinajstić information content (AvgIpc) is 2.10. The number of carbonyl (C=O) groups excluding carboxylic acids is 3. The summed E-state index contributed by atoms with van der Waals surface area (Å²) in [5.41, 5.74) is -0.640. The summed E-state index contributed by atoms with van der Waals surface area (Å²) in [6.07, 6.45) is -0.750. The fraction of sp³-hybridized carbons (Fsp3) is 0.667. The van der Waals surface area contributed by atoms with Crippen molar-refractivity contribution in [1.29, 1.82) is 0 Å². The second-order valence-electron chi connectivity index (χ2n) is 3.77. The molecule has 0 spiro atoms. The molecule has 0 fully saturated rings. The van der Waals surface area contributed by atoms with Crippen LogP contribution in [0, 0.1) is 0 Å². The molecule has 0 aromatic carbocycles. The Bertz CT molecular complexity index is 266. The maximum absolute atomic E-state index is 11.0. The SMILES string of the molecule is COC(=O)C(=O)CNC(=O)OC(C)(C)C.